The third kappa shape index (κ3) is 1.96. The van der Waals surface area contributed by atoms with Crippen LogP contribution in [-0.4, -0.2) is 24.3 Å². The third-order valence-corrected chi connectivity index (χ3v) is 2.59. The van der Waals surface area contributed by atoms with Crippen LogP contribution in [0.15, 0.2) is 18.7 Å². The van der Waals surface area contributed by atoms with Crippen molar-refractivity contribution in [3.8, 4) is 0 Å². The van der Waals surface area contributed by atoms with Crippen LogP contribution < -0.4 is 5.73 Å². The molecule has 0 aliphatic heterocycles. The van der Waals surface area contributed by atoms with Gasteiger partial charge in [-0.2, -0.15) is 5.10 Å². The molecule has 6 heteroatoms. The molecule has 2 heterocycles. The van der Waals surface area contributed by atoms with E-state index in [1.54, 1.807) is 12.5 Å². The van der Waals surface area contributed by atoms with Crippen LogP contribution >= 0.6 is 0 Å². The van der Waals surface area contributed by atoms with E-state index in [1.807, 2.05) is 29.4 Å². The summed E-state index contributed by atoms with van der Waals surface area (Å²) in [6.07, 6.45) is 5.85. The minimum Gasteiger partial charge on any atom is -0.337 e. The maximum atomic E-state index is 6.09. The predicted molar refractivity (Wildman–Crippen MR) is 59.5 cm³/mol. The fourth-order valence-electron chi connectivity index (χ4n) is 1.73. The van der Waals surface area contributed by atoms with Gasteiger partial charge in [-0.25, -0.2) is 9.97 Å². The molecule has 6 nitrogen and oxygen atoms in total. The molecule has 0 saturated heterocycles. The average Bonchev–Trinajstić information content (AvgIpc) is 2.86. The van der Waals surface area contributed by atoms with E-state index in [2.05, 4.69) is 15.1 Å². The first-order valence-corrected chi connectivity index (χ1v) is 5.31. The van der Waals surface area contributed by atoms with Gasteiger partial charge in [0, 0.05) is 32.4 Å². The maximum Gasteiger partial charge on any atom is 0.138 e. The number of hydrogen-bond donors (Lipinski definition) is 1. The number of hydrogen-bond acceptors (Lipinski definition) is 4. The largest absolute Gasteiger partial charge is 0.337 e. The van der Waals surface area contributed by atoms with Gasteiger partial charge in [-0.3, -0.25) is 4.68 Å². The molecule has 0 radical (unpaired) electrons. The van der Waals surface area contributed by atoms with Crippen molar-refractivity contribution in [2.75, 3.05) is 0 Å². The number of nitrogens with zero attached hydrogens (tertiary/aromatic N) is 5. The Hall–Kier alpha value is -1.69. The second kappa shape index (κ2) is 4.44. The molecular weight excluding hydrogens is 204 g/mol. The molecule has 0 spiro atoms. The smallest absolute Gasteiger partial charge is 0.138 e. The second-order valence-corrected chi connectivity index (χ2v) is 3.70. The number of aromatic nitrogens is 5. The third-order valence-electron chi connectivity index (χ3n) is 2.59. The molecule has 1 unspecified atom stereocenters. The standard InChI is InChI=1S/C10H16N6/c1-3-16-9(13-7-14-16)6-8(11)10-12-4-5-15(10)2/h4-5,7-8H,3,6,11H2,1-2H3. The number of imidazole rings is 1. The van der Waals surface area contributed by atoms with Crippen LogP contribution in [0.3, 0.4) is 0 Å². The van der Waals surface area contributed by atoms with Gasteiger partial charge in [0.25, 0.3) is 0 Å². The summed E-state index contributed by atoms with van der Waals surface area (Å²) in [7, 11) is 1.94. The normalized spacial score (nSPS) is 12.9. The number of rotatable bonds is 4. The van der Waals surface area contributed by atoms with Crippen molar-refractivity contribution in [3.63, 3.8) is 0 Å². The molecule has 0 aliphatic carbocycles. The zero-order valence-corrected chi connectivity index (χ0v) is 9.54. The van der Waals surface area contributed by atoms with Crippen LogP contribution in [0.25, 0.3) is 0 Å². The molecule has 16 heavy (non-hydrogen) atoms. The van der Waals surface area contributed by atoms with Crippen LogP contribution in [0, 0.1) is 0 Å². The molecule has 86 valence electrons. The summed E-state index contributed by atoms with van der Waals surface area (Å²) in [5.41, 5.74) is 6.09. The molecule has 2 aromatic rings. The molecule has 2 aromatic heterocycles. The molecule has 0 aliphatic rings. The van der Waals surface area contributed by atoms with Crippen molar-refractivity contribution in [3.05, 3.63) is 30.4 Å². The van der Waals surface area contributed by atoms with E-state index in [9.17, 15) is 0 Å². The molecule has 0 bridgehead atoms. The summed E-state index contributed by atoms with van der Waals surface area (Å²) < 4.78 is 3.78. The van der Waals surface area contributed by atoms with Crippen molar-refractivity contribution in [1.82, 2.24) is 24.3 Å². The van der Waals surface area contributed by atoms with Crippen molar-refractivity contribution in [2.24, 2.45) is 12.8 Å². The van der Waals surface area contributed by atoms with Crippen LogP contribution in [-0.2, 0) is 20.0 Å². The summed E-state index contributed by atoms with van der Waals surface area (Å²) in [5, 5.41) is 4.11. The van der Waals surface area contributed by atoms with E-state index < -0.39 is 0 Å². The topological polar surface area (TPSA) is 74.6 Å². The Bertz CT molecular complexity index is 457. The van der Waals surface area contributed by atoms with E-state index in [4.69, 9.17) is 5.73 Å². The van der Waals surface area contributed by atoms with Gasteiger partial charge >= 0.3 is 0 Å². The second-order valence-electron chi connectivity index (χ2n) is 3.70. The molecule has 1 atom stereocenters. The Balaban J connectivity index is 2.13. The quantitative estimate of drug-likeness (QED) is 0.802. The fourth-order valence-corrected chi connectivity index (χ4v) is 1.73. The summed E-state index contributed by atoms with van der Waals surface area (Å²) in [4.78, 5) is 8.43. The van der Waals surface area contributed by atoms with E-state index >= 15 is 0 Å². The van der Waals surface area contributed by atoms with Gasteiger partial charge in [0.2, 0.25) is 0 Å². The predicted octanol–water partition coefficient (Wildman–Crippen LogP) is 0.274. The Labute approximate surface area is 94.1 Å². The Morgan fingerprint density at radius 1 is 1.44 bits per heavy atom. The molecule has 2 rings (SSSR count). The molecule has 0 aromatic carbocycles. The highest BCUT2D eigenvalue weighted by Gasteiger charge is 2.14. The van der Waals surface area contributed by atoms with Gasteiger partial charge in [-0.1, -0.05) is 0 Å². The Kier molecular flexibility index (Phi) is 3.00. The molecular formula is C10H16N6. The lowest BCUT2D eigenvalue weighted by atomic mass is 10.2. The summed E-state index contributed by atoms with van der Waals surface area (Å²) >= 11 is 0. The lowest BCUT2D eigenvalue weighted by molar-refractivity contribution is 0.558. The number of nitrogens with two attached hydrogens (primary N) is 1. The summed E-state index contributed by atoms with van der Waals surface area (Å²) in [6, 6.07) is -0.144. The molecule has 0 fully saturated rings. The SMILES string of the molecule is CCn1ncnc1CC(N)c1nccn1C. The average molecular weight is 220 g/mol. The van der Waals surface area contributed by atoms with E-state index in [-0.39, 0.29) is 6.04 Å². The monoisotopic (exact) mass is 220 g/mol. The first-order valence-electron chi connectivity index (χ1n) is 5.31. The first-order chi connectivity index (χ1) is 7.72. The van der Waals surface area contributed by atoms with Gasteiger partial charge in [-0.15, -0.1) is 0 Å². The zero-order valence-electron chi connectivity index (χ0n) is 9.54. The lowest BCUT2D eigenvalue weighted by Gasteiger charge is -2.11. The lowest BCUT2D eigenvalue weighted by Crippen LogP contribution is -2.20. The minimum absolute atomic E-state index is 0.144. The highest BCUT2D eigenvalue weighted by atomic mass is 15.3. The van der Waals surface area contributed by atoms with Gasteiger partial charge in [0.15, 0.2) is 0 Å². The van der Waals surface area contributed by atoms with Crippen molar-refractivity contribution in [2.45, 2.75) is 25.9 Å². The van der Waals surface area contributed by atoms with E-state index in [0.717, 1.165) is 18.2 Å². The van der Waals surface area contributed by atoms with Gasteiger partial charge < -0.3 is 10.3 Å². The molecule has 0 saturated carbocycles. The Morgan fingerprint density at radius 2 is 2.25 bits per heavy atom. The van der Waals surface area contributed by atoms with Gasteiger partial charge in [-0.05, 0) is 6.92 Å². The Morgan fingerprint density at radius 3 is 2.88 bits per heavy atom. The first kappa shape index (κ1) is 10.8. The number of aryl methyl sites for hydroxylation is 2. The highest BCUT2D eigenvalue weighted by Crippen LogP contribution is 2.11. The van der Waals surface area contributed by atoms with Crippen molar-refractivity contribution < 1.29 is 0 Å². The van der Waals surface area contributed by atoms with Gasteiger partial charge in [0.1, 0.15) is 18.0 Å². The maximum absolute atomic E-state index is 6.09. The minimum atomic E-state index is -0.144. The highest BCUT2D eigenvalue weighted by molar-refractivity contribution is 5.02. The van der Waals surface area contributed by atoms with E-state index in [1.165, 1.54) is 0 Å². The molecule has 0 amide bonds. The van der Waals surface area contributed by atoms with Gasteiger partial charge in [0.05, 0.1) is 6.04 Å². The zero-order chi connectivity index (χ0) is 11.5. The van der Waals surface area contributed by atoms with Crippen LogP contribution in [0.4, 0.5) is 0 Å². The summed E-state index contributed by atoms with van der Waals surface area (Å²) in [6.45, 7) is 2.84. The molecule has 2 N–H and O–H groups in total. The van der Waals surface area contributed by atoms with Crippen LogP contribution in [0.5, 0.6) is 0 Å². The summed E-state index contributed by atoms with van der Waals surface area (Å²) in [5.74, 6) is 1.77. The van der Waals surface area contributed by atoms with Crippen LogP contribution in [0.2, 0.25) is 0 Å². The fraction of sp³-hybridized carbons (Fsp3) is 0.500. The van der Waals surface area contributed by atoms with Crippen molar-refractivity contribution in [1.29, 1.82) is 0 Å². The van der Waals surface area contributed by atoms with Crippen LogP contribution in [0.1, 0.15) is 24.6 Å². The van der Waals surface area contributed by atoms with Crippen molar-refractivity contribution >= 4 is 0 Å². The van der Waals surface area contributed by atoms with E-state index in [0.29, 0.717) is 6.42 Å².